The van der Waals surface area contributed by atoms with Crippen molar-refractivity contribution in [3.05, 3.63) is 47.1 Å². The topological polar surface area (TPSA) is 77.2 Å². The van der Waals surface area contributed by atoms with Crippen molar-refractivity contribution >= 4 is 34.6 Å². The molecule has 1 saturated heterocycles. The second-order valence-corrected chi connectivity index (χ2v) is 10.9. The lowest BCUT2D eigenvalue weighted by Gasteiger charge is -2.41. The molecule has 0 amide bonds. The molecule has 3 aromatic rings. The highest BCUT2D eigenvalue weighted by molar-refractivity contribution is 8.01. The molecule has 0 unspecified atom stereocenters. The molecule has 8 heteroatoms. The summed E-state index contributed by atoms with van der Waals surface area (Å²) in [5, 5.41) is 2.12. The van der Waals surface area contributed by atoms with Crippen LogP contribution in [-0.2, 0) is 9.48 Å². The number of hydrogen-bond donors (Lipinski definition) is 1. The molecule has 2 fully saturated rings. The molecule has 1 aliphatic carbocycles. The lowest BCUT2D eigenvalue weighted by molar-refractivity contribution is 0.0985. The fraction of sp³-hybridized carbons (Fsp3) is 0.435. The van der Waals surface area contributed by atoms with Crippen molar-refractivity contribution < 1.29 is 4.74 Å². The lowest BCUT2D eigenvalue weighted by Crippen LogP contribution is -2.44. The van der Waals surface area contributed by atoms with E-state index < -0.39 is 0 Å². The van der Waals surface area contributed by atoms with Gasteiger partial charge in [0.25, 0.3) is 0 Å². The van der Waals surface area contributed by atoms with Gasteiger partial charge in [-0.1, -0.05) is 11.8 Å². The van der Waals surface area contributed by atoms with E-state index in [1.807, 2.05) is 36.0 Å². The van der Waals surface area contributed by atoms with Crippen LogP contribution in [0.15, 0.2) is 40.1 Å². The van der Waals surface area contributed by atoms with Crippen molar-refractivity contribution in [1.82, 2.24) is 15.0 Å². The number of rotatable bonds is 5. The van der Waals surface area contributed by atoms with Crippen LogP contribution in [0.25, 0.3) is 11.4 Å². The molecular weight excluding hydrogens is 426 g/mol. The number of anilines is 2. The number of benzene rings is 1. The Bertz CT molecular complexity index is 1060. The van der Waals surface area contributed by atoms with Crippen molar-refractivity contribution in [1.29, 1.82) is 0 Å². The highest BCUT2D eigenvalue weighted by Gasteiger charge is 2.43. The number of ether oxygens (including phenoxy) is 1. The highest BCUT2D eigenvalue weighted by atomic mass is 32.2. The molecule has 0 spiro atoms. The molecule has 0 bridgehead atoms. The number of thioether (sulfide) groups is 1. The fourth-order valence-corrected chi connectivity index (χ4v) is 6.66. The van der Waals surface area contributed by atoms with Gasteiger partial charge >= 0.3 is 0 Å². The molecule has 2 aliphatic rings. The summed E-state index contributed by atoms with van der Waals surface area (Å²) in [6.07, 6.45) is 3.42. The van der Waals surface area contributed by atoms with Crippen LogP contribution < -0.4 is 10.6 Å². The van der Waals surface area contributed by atoms with Crippen LogP contribution in [0, 0.1) is 6.92 Å². The standard InChI is InChI=1S/C23H27N5OS2/c1-15-14-30-22(25-15)31-23(8-3-9-23)19-12-20(28-10-11-29-13-16(28)2)27-21(26-19)17-4-6-18(24)7-5-17/h4-7,12,14,16H,3,8-11,13,24H2,1-2H3/t16-/m0/s1. The Morgan fingerprint density at radius 3 is 2.65 bits per heavy atom. The van der Waals surface area contributed by atoms with Crippen molar-refractivity contribution in [3.8, 4) is 11.4 Å². The molecule has 1 saturated carbocycles. The molecule has 0 radical (unpaired) electrons. The summed E-state index contributed by atoms with van der Waals surface area (Å²) in [5.41, 5.74) is 9.83. The van der Waals surface area contributed by atoms with Gasteiger partial charge in [-0.3, -0.25) is 0 Å². The van der Waals surface area contributed by atoms with Gasteiger partial charge in [0.05, 0.1) is 29.7 Å². The quantitative estimate of drug-likeness (QED) is 0.551. The first-order valence-corrected chi connectivity index (χ1v) is 12.4. The number of thiazole rings is 1. The average molecular weight is 454 g/mol. The van der Waals surface area contributed by atoms with E-state index in [0.29, 0.717) is 0 Å². The van der Waals surface area contributed by atoms with Crippen LogP contribution in [-0.4, -0.2) is 40.8 Å². The maximum Gasteiger partial charge on any atom is 0.161 e. The maximum absolute atomic E-state index is 5.92. The Balaban J connectivity index is 1.59. The zero-order chi connectivity index (χ0) is 21.4. The van der Waals surface area contributed by atoms with E-state index in [0.717, 1.165) is 71.2 Å². The summed E-state index contributed by atoms with van der Waals surface area (Å²) in [5.74, 6) is 1.74. The number of nitrogens with zero attached hydrogens (tertiary/aromatic N) is 4. The zero-order valence-electron chi connectivity index (χ0n) is 17.9. The number of morpholine rings is 1. The zero-order valence-corrected chi connectivity index (χ0v) is 19.5. The minimum absolute atomic E-state index is 0.0416. The Labute approximate surface area is 191 Å². The molecule has 2 N–H and O–H groups in total. The number of aryl methyl sites for hydroxylation is 1. The minimum Gasteiger partial charge on any atom is -0.399 e. The summed E-state index contributed by atoms with van der Waals surface area (Å²) in [6.45, 7) is 6.52. The van der Waals surface area contributed by atoms with Crippen LogP contribution in [0.3, 0.4) is 0 Å². The molecule has 6 nitrogen and oxygen atoms in total. The van der Waals surface area contributed by atoms with Crippen LogP contribution in [0.5, 0.6) is 0 Å². The van der Waals surface area contributed by atoms with Gasteiger partial charge in [0, 0.05) is 34.9 Å². The van der Waals surface area contributed by atoms with Gasteiger partial charge in [-0.25, -0.2) is 15.0 Å². The number of hydrogen-bond acceptors (Lipinski definition) is 8. The van der Waals surface area contributed by atoms with Crippen molar-refractivity contribution in [3.63, 3.8) is 0 Å². The largest absolute Gasteiger partial charge is 0.399 e. The molecule has 3 heterocycles. The second-order valence-electron chi connectivity index (χ2n) is 8.38. The van der Waals surface area contributed by atoms with Gasteiger partial charge in [0.2, 0.25) is 0 Å². The third kappa shape index (κ3) is 4.16. The normalized spacial score (nSPS) is 20.5. The number of nitrogen functional groups attached to an aromatic ring is 1. The van der Waals surface area contributed by atoms with Gasteiger partial charge in [-0.15, -0.1) is 11.3 Å². The van der Waals surface area contributed by atoms with E-state index >= 15 is 0 Å². The van der Waals surface area contributed by atoms with Gasteiger partial charge in [0.15, 0.2) is 10.2 Å². The Morgan fingerprint density at radius 2 is 2.00 bits per heavy atom. The van der Waals surface area contributed by atoms with Gasteiger partial charge in [-0.2, -0.15) is 0 Å². The Hall–Kier alpha value is -2.16. The van der Waals surface area contributed by atoms with Crippen LogP contribution in [0.4, 0.5) is 11.5 Å². The highest BCUT2D eigenvalue weighted by Crippen LogP contribution is 2.55. The Morgan fingerprint density at radius 1 is 1.19 bits per heavy atom. The summed E-state index contributed by atoms with van der Waals surface area (Å²) in [7, 11) is 0. The summed E-state index contributed by atoms with van der Waals surface area (Å²) in [4.78, 5) is 17.1. The lowest BCUT2D eigenvalue weighted by atomic mass is 9.81. The van der Waals surface area contributed by atoms with Crippen LogP contribution in [0.2, 0.25) is 0 Å². The number of aromatic nitrogens is 3. The molecule has 31 heavy (non-hydrogen) atoms. The average Bonchev–Trinajstić information content (AvgIpc) is 3.16. The second kappa shape index (κ2) is 8.41. The minimum atomic E-state index is -0.0416. The summed E-state index contributed by atoms with van der Waals surface area (Å²) >= 11 is 3.59. The van der Waals surface area contributed by atoms with E-state index in [-0.39, 0.29) is 10.8 Å². The van der Waals surface area contributed by atoms with Gasteiger partial charge in [0.1, 0.15) is 5.82 Å². The molecule has 162 valence electrons. The molecule has 5 rings (SSSR count). The van der Waals surface area contributed by atoms with Crippen LogP contribution in [0.1, 0.15) is 37.6 Å². The van der Waals surface area contributed by atoms with E-state index in [9.17, 15) is 0 Å². The maximum atomic E-state index is 5.92. The predicted molar refractivity (Wildman–Crippen MR) is 128 cm³/mol. The first kappa shape index (κ1) is 20.7. The fourth-order valence-electron chi connectivity index (χ4n) is 4.10. The third-order valence-electron chi connectivity index (χ3n) is 6.05. The third-order valence-corrected chi connectivity index (χ3v) is 8.62. The molecule has 1 aliphatic heterocycles. The van der Waals surface area contributed by atoms with E-state index in [4.69, 9.17) is 25.4 Å². The first-order chi connectivity index (χ1) is 15.0. The molecule has 1 aromatic carbocycles. The van der Waals surface area contributed by atoms with Gasteiger partial charge in [-0.05, 0) is 57.4 Å². The van der Waals surface area contributed by atoms with E-state index in [2.05, 4.69) is 30.2 Å². The summed E-state index contributed by atoms with van der Waals surface area (Å²) in [6, 6.07) is 10.3. The Kier molecular flexibility index (Phi) is 5.62. The van der Waals surface area contributed by atoms with E-state index in [1.54, 1.807) is 11.3 Å². The van der Waals surface area contributed by atoms with Crippen molar-refractivity contribution in [2.24, 2.45) is 0 Å². The van der Waals surface area contributed by atoms with Crippen LogP contribution >= 0.6 is 23.1 Å². The summed E-state index contributed by atoms with van der Waals surface area (Å²) < 4.78 is 6.74. The molecular formula is C23H27N5OS2. The van der Waals surface area contributed by atoms with Crippen molar-refractivity contribution in [2.75, 3.05) is 30.4 Å². The molecule has 1 atom stereocenters. The van der Waals surface area contributed by atoms with Crippen molar-refractivity contribution in [2.45, 2.75) is 48.2 Å². The van der Waals surface area contributed by atoms with E-state index in [1.165, 1.54) is 6.42 Å². The first-order valence-electron chi connectivity index (χ1n) is 10.7. The number of nitrogens with two attached hydrogens (primary N) is 1. The molecule has 2 aromatic heterocycles. The SMILES string of the molecule is Cc1csc(SC2(c3cc(N4CCOC[C@@H]4C)nc(-c4ccc(N)cc4)n3)CCC2)n1. The predicted octanol–water partition coefficient (Wildman–Crippen LogP) is 4.89. The smallest absolute Gasteiger partial charge is 0.161 e. The monoisotopic (exact) mass is 453 g/mol. The van der Waals surface area contributed by atoms with Gasteiger partial charge < -0.3 is 15.4 Å².